The van der Waals surface area contributed by atoms with Crippen LogP contribution in [-0.4, -0.2) is 9.97 Å². The second-order valence-corrected chi connectivity index (χ2v) is 13.0. The number of aryl methyl sites for hydroxylation is 3. The molecule has 8 rings (SSSR count). The summed E-state index contributed by atoms with van der Waals surface area (Å²) < 4.78 is 0.996. The summed E-state index contributed by atoms with van der Waals surface area (Å²) in [5.41, 5.74) is 16.9. The summed E-state index contributed by atoms with van der Waals surface area (Å²) in [5, 5.41) is 0. The molecule has 5 heterocycles. The first-order valence-electron chi connectivity index (χ1n) is 15.3. The van der Waals surface area contributed by atoms with Crippen molar-refractivity contribution in [2.45, 2.75) is 20.8 Å². The maximum Gasteiger partial charge on any atom is 2.00 e. The Morgan fingerprint density at radius 3 is 1.09 bits per heavy atom. The minimum absolute atomic E-state index is 0. The van der Waals surface area contributed by atoms with Crippen LogP contribution in [0.2, 0.25) is 0 Å². The molecule has 0 saturated carbocycles. The predicted octanol–water partition coefficient (Wildman–Crippen LogP) is 10.4. The zero-order chi connectivity index (χ0) is 31.4. The van der Waals surface area contributed by atoms with Crippen LogP contribution < -0.4 is 9.97 Å². The minimum Gasteiger partial charge on any atom is -0.657 e. The molecule has 6 aromatic rings. The van der Waals surface area contributed by atoms with Crippen LogP contribution in [0.5, 0.6) is 0 Å². The zero-order valence-electron chi connectivity index (χ0n) is 26.4. The number of nitrogens with zero attached hydrogens (tertiary/aromatic N) is 4. The van der Waals surface area contributed by atoms with Crippen LogP contribution in [0.3, 0.4) is 0 Å². The number of halogens is 1. The molecule has 0 spiro atoms. The smallest absolute Gasteiger partial charge is 0.657 e. The summed E-state index contributed by atoms with van der Waals surface area (Å²) in [6.07, 6.45) is 8.40. The molecule has 0 fully saturated rings. The van der Waals surface area contributed by atoms with E-state index in [2.05, 4.69) is 165 Å². The van der Waals surface area contributed by atoms with Gasteiger partial charge in [0.2, 0.25) is 0 Å². The normalized spacial score (nSPS) is 11.9. The molecule has 222 valence electrons. The summed E-state index contributed by atoms with van der Waals surface area (Å²) >= 11 is 2.38. The Morgan fingerprint density at radius 2 is 0.702 bits per heavy atom. The van der Waals surface area contributed by atoms with Crippen LogP contribution in [0, 0.1) is 24.3 Å². The van der Waals surface area contributed by atoms with Gasteiger partial charge in [0.25, 0.3) is 0 Å². The molecule has 8 bridgehead atoms. The molecule has 6 heteroatoms. The van der Waals surface area contributed by atoms with Crippen LogP contribution in [0.15, 0.2) is 97.1 Å². The summed E-state index contributed by atoms with van der Waals surface area (Å²) in [7, 11) is 0. The van der Waals surface area contributed by atoms with Crippen molar-refractivity contribution in [3.05, 3.63) is 140 Å². The number of rotatable bonds is 3. The second kappa shape index (κ2) is 12.7. The third-order valence-electron chi connectivity index (χ3n) is 8.57. The van der Waals surface area contributed by atoms with Crippen LogP contribution in [-0.2, 0) is 19.5 Å². The van der Waals surface area contributed by atoms with E-state index in [9.17, 15) is 0 Å². The van der Waals surface area contributed by atoms with E-state index in [1.807, 2.05) is 0 Å². The van der Waals surface area contributed by atoms with Gasteiger partial charge in [0.1, 0.15) is 0 Å². The van der Waals surface area contributed by atoms with Crippen molar-refractivity contribution in [1.29, 1.82) is 0 Å². The fraction of sp³-hybridized carbons (Fsp3) is 0.0732. The molecular weight excluding hydrogens is 741 g/mol. The summed E-state index contributed by atoms with van der Waals surface area (Å²) in [5.74, 6) is 0. The third-order valence-corrected chi connectivity index (χ3v) is 9.67. The molecule has 0 aliphatic carbocycles. The van der Waals surface area contributed by atoms with Crippen molar-refractivity contribution in [2.75, 3.05) is 0 Å². The molecule has 0 amide bonds. The van der Waals surface area contributed by atoms with E-state index in [1.165, 1.54) is 16.7 Å². The molecule has 0 N–H and O–H groups in total. The fourth-order valence-corrected chi connectivity index (χ4v) is 6.70. The van der Waals surface area contributed by atoms with E-state index in [4.69, 9.17) is 19.9 Å². The van der Waals surface area contributed by atoms with Gasteiger partial charge in [0, 0.05) is 3.57 Å². The van der Waals surface area contributed by atoms with E-state index < -0.39 is 0 Å². The third kappa shape index (κ3) is 5.85. The van der Waals surface area contributed by atoms with Gasteiger partial charge in [-0.1, -0.05) is 114 Å². The number of hydrogen-bond acceptors (Lipinski definition) is 2. The van der Waals surface area contributed by atoms with Gasteiger partial charge in [-0.2, -0.15) is 0 Å². The summed E-state index contributed by atoms with van der Waals surface area (Å²) in [6.45, 7) is 6.32. The molecule has 0 unspecified atom stereocenters. The Morgan fingerprint density at radius 1 is 0.404 bits per heavy atom. The molecule has 3 aromatic carbocycles. The van der Waals surface area contributed by atoms with Crippen LogP contribution in [0.4, 0.5) is 0 Å². The Balaban J connectivity index is 0.00000351. The molecule has 0 atom stereocenters. The Bertz CT molecular complexity index is 2330. The summed E-state index contributed by atoms with van der Waals surface area (Å²) in [6, 6.07) is 34.2. The van der Waals surface area contributed by atoms with E-state index in [1.54, 1.807) is 0 Å². The van der Waals surface area contributed by atoms with E-state index in [-0.39, 0.29) is 19.5 Å². The molecule has 47 heavy (non-hydrogen) atoms. The van der Waals surface area contributed by atoms with Gasteiger partial charge < -0.3 is 9.97 Å². The minimum atomic E-state index is 0. The average molecular weight is 770 g/mol. The SMILES string of the molecule is Cc1ccc(-c2c3nc(c(-c4ccc(C)cc4)c4ccc([n-]4)c(-c4ccc(C)cc4)c4nc(c(I)c5ccc2[n-]5)C=C4)C=C3)cc1.[Zn+2]. The van der Waals surface area contributed by atoms with Gasteiger partial charge in [-0.25, -0.2) is 9.97 Å². The first-order chi connectivity index (χ1) is 22.4. The maximum atomic E-state index is 5.30. The van der Waals surface area contributed by atoms with Crippen molar-refractivity contribution in [3.8, 4) is 33.4 Å². The van der Waals surface area contributed by atoms with Crippen LogP contribution in [0.25, 0.3) is 79.8 Å². The molecule has 2 aliphatic rings. The van der Waals surface area contributed by atoms with Crippen LogP contribution >= 0.6 is 22.6 Å². The molecule has 2 aliphatic heterocycles. The Labute approximate surface area is 300 Å². The number of hydrogen-bond donors (Lipinski definition) is 0. The Hall–Kier alpha value is -4.39. The summed E-state index contributed by atoms with van der Waals surface area (Å²) in [4.78, 5) is 20.9. The molecule has 0 saturated heterocycles. The van der Waals surface area contributed by atoms with Crippen molar-refractivity contribution in [1.82, 2.24) is 19.9 Å². The van der Waals surface area contributed by atoms with Gasteiger partial charge in [-0.3, -0.25) is 0 Å². The van der Waals surface area contributed by atoms with Crippen molar-refractivity contribution < 1.29 is 19.5 Å². The van der Waals surface area contributed by atoms with E-state index in [0.717, 1.165) is 81.8 Å². The number of benzene rings is 3. The largest absolute Gasteiger partial charge is 2.00 e. The molecular formula is C41H29IN4Zn. The second-order valence-electron chi connectivity index (χ2n) is 11.9. The van der Waals surface area contributed by atoms with Gasteiger partial charge in [0.05, 0.1) is 22.8 Å². The van der Waals surface area contributed by atoms with Gasteiger partial charge >= 0.3 is 19.5 Å². The van der Waals surface area contributed by atoms with Crippen molar-refractivity contribution >= 4 is 69.0 Å². The first kappa shape index (κ1) is 31.2. The number of fused-ring (bicyclic) bond motifs is 8. The van der Waals surface area contributed by atoms with Crippen molar-refractivity contribution in [2.24, 2.45) is 0 Å². The number of aromatic nitrogens is 4. The topological polar surface area (TPSA) is 54.0 Å². The molecule has 3 aromatic heterocycles. The predicted molar refractivity (Wildman–Crippen MR) is 200 cm³/mol. The fourth-order valence-electron chi connectivity index (χ4n) is 6.10. The van der Waals surface area contributed by atoms with Gasteiger partial charge in [0.15, 0.2) is 0 Å². The zero-order valence-corrected chi connectivity index (χ0v) is 31.5. The molecule has 0 radical (unpaired) electrons. The van der Waals surface area contributed by atoms with Crippen molar-refractivity contribution in [3.63, 3.8) is 0 Å². The maximum absolute atomic E-state index is 5.30. The standard InChI is InChI=1S/C41H29IN4.Zn/c1-24-4-10-27(11-5-24)38-30-16-18-32(43-30)39(28-12-6-25(2)7-13-28)34-20-22-36(45-34)41(42)37-23-21-35(46-37)40(33-19-17-31(38)44-33)29-14-8-26(3)9-15-29;/h4-23H,1-3H3;/q-2;+2. The van der Waals surface area contributed by atoms with Gasteiger partial charge in [-0.05, 0) is 101 Å². The first-order valence-corrected chi connectivity index (χ1v) is 16.4. The van der Waals surface area contributed by atoms with E-state index in [0.29, 0.717) is 0 Å². The molecule has 4 nitrogen and oxygen atoms in total. The Kier molecular flexibility index (Phi) is 8.42. The van der Waals surface area contributed by atoms with E-state index >= 15 is 0 Å². The van der Waals surface area contributed by atoms with Gasteiger partial charge in [-0.15, -0.1) is 22.1 Å². The quantitative estimate of drug-likeness (QED) is 0.133. The monoisotopic (exact) mass is 768 g/mol. The average Bonchev–Trinajstić information content (AvgIpc) is 3.89. The van der Waals surface area contributed by atoms with Crippen LogP contribution in [0.1, 0.15) is 39.5 Å².